The van der Waals surface area contributed by atoms with E-state index in [0.29, 0.717) is 17.1 Å². The van der Waals surface area contributed by atoms with E-state index in [-0.39, 0.29) is 23.6 Å². The predicted octanol–water partition coefficient (Wildman–Crippen LogP) is 1.65. The van der Waals surface area contributed by atoms with Crippen LogP contribution in [-0.2, 0) is 14.4 Å². The molecule has 0 fully saturated rings. The van der Waals surface area contributed by atoms with E-state index in [9.17, 15) is 9.59 Å². The molecule has 0 saturated carbocycles. The van der Waals surface area contributed by atoms with Gasteiger partial charge >= 0.3 is 0 Å². The molecular formula is C10H12ClN3O3S. The lowest BCUT2D eigenvalue weighted by Crippen LogP contribution is -2.13. The van der Waals surface area contributed by atoms with E-state index in [1.54, 1.807) is 19.2 Å². The lowest BCUT2D eigenvalue weighted by atomic mass is 10.3. The van der Waals surface area contributed by atoms with Crippen LogP contribution < -0.4 is 5.32 Å². The molecule has 0 spiro atoms. The van der Waals surface area contributed by atoms with Gasteiger partial charge in [0.1, 0.15) is 17.7 Å². The molecular weight excluding hydrogens is 278 g/mol. The number of thiazole rings is 1. The lowest BCUT2D eigenvalue weighted by Gasteiger charge is -2.01. The molecule has 0 aromatic carbocycles. The van der Waals surface area contributed by atoms with Crippen LogP contribution in [0.25, 0.3) is 0 Å². The van der Waals surface area contributed by atoms with E-state index in [1.807, 2.05) is 0 Å². The van der Waals surface area contributed by atoms with Gasteiger partial charge in [-0.2, -0.15) is 0 Å². The number of aldehydes is 1. The van der Waals surface area contributed by atoms with Gasteiger partial charge in [-0.1, -0.05) is 5.16 Å². The van der Waals surface area contributed by atoms with Gasteiger partial charge in [0.05, 0.1) is 0 Å². The van der Waals surface area contributed by atoms with Crippen LogP contribution in [0.4, 0.5) is 5.13 Å². The van der Waals surface area contributed by atoms with Gasteiger partial charge in [0.25, 0.3) is 0 Å². The zero-order valence-corrected chi connectivity index (χ0v) is 11.4. The maximum Gasteiger partial charge on any atom is 0.241 e. The SMILES string of the molecule is CC(C)O/N=C(/C=O)c1csc(NC(=O)CCl)n1. The summed E-state index contributed by atoms with van der Waals surface area (Å²) in [6.07, 6.45) is 0.416. The number of alkyl halides is 1. The topological polar surface area (TPSA) is 80.6 Å². The first kappa shape index (κ1) is 14.6. The Labute approximate surface area is 113 Å². The minimum atomic E-state index is -0.361. The van der Waals surface area contributed by atoms with Gasteiger partial charge in [0, 0.05) is 5.38 Å². The smallest absolute Gasteiger partial charge is 0.241 e. The number of rotatable bonds is 6. The molecule has 1 heterocycles. The van der Waals surface area contributed by atoms with Crippen molar-refractivity contribution in [1.82, 2.24) is 4.98 Å². The molecule has 1 N–H and O–H groups in total. The first-order chi connectivity index (χ1) is 8.56. The molecule has 0 saturated heterocycles. The van der Waals surface area contributed by atoms with Crippen molar-refractivity contribution in [2.75, 3.05) is 11.2 Å². The van der Waals surface area contributed by atoms with Crippen LogP contribution in [0.5, 0.6) is 0 Å². The Balaban J connectivity index is 2.79. The van der Waals surface area contributed by atoms with Crippen LogP contribution in [0.2, 0.25) is 0 Å². The number of anilines is 1. The number of oxime groups is 1. The lowest BCUT2D eigenvalue weighted by molar-refractivity contribution is -0.114. The van der Waals surface area contributed by atoms with E-state index in [1.165, 1.54) is 11.3 Å². The van der Waals surface area contributed by atoms with Crippen LogP contribution in [0, 0.1) is 0 Å². The van der Waals surface area contributed by atoms with Crippen molar-refractivity contribution in [2.45, 2.75) is 20.0 Å². The van der Waals surface area contributed by atoms with E-state index in [4.69, 9.17) is 16.4 Å². The van der Waals surface area contributed by atoms with Crippen molar-refractivity contribution in [1.29, 1.82) is 0 Å². The zero-order valence-electron chi connectivity index (χ0n) is 9.84. The number of hydrogen-bond acceptors (Lipinski definition) is 6. The highest BCUT2D eigenvalue weighted by molar-refractivity contribution is 7.14. The van der Waals surface area contributed by atoms with Crippen LogP contribution in [0.3, 0.4) is 0 Å². The molecule has 0 bridgehead atoms. The first-order valence-electron chi connectivity index (χ1n) is 5.07. The normalized spacial score (nSPS) is 11.4. The molecule has 0 aliphatic rings. The van der Waals surface area contributed by atoms with Crippen LogP contribution >= 0.6 is 22.9 Å². The second kappa shape index (κ2) is 7.07. The van der Waals surface area contributed by atoms with Crippen LogP contribution in [0.15, 0.2) is 10.5 Å². The molecule has 0 aliphatic carbocycles. The second-order valence-corrected chi connectivity index (χ2v) is 4.59. The van der Waals surface area contributed by atoms with Gasteiger partial charge in [-0.15, -0.1) is 22.9 Å². The highest BCUT2D eigenvalue weighted by Gasteiger charge is 2.11. The monoisotopic (exact) mass is 289 g/mol. The molecule has 0 aliphatic heterocycles. The average Bonchev–Trinajstić information content (AvgIpc) is 2.78. The van der Waals surface area contributed by atoms with Crippen LogP contribution in [0.1, 0.15) is 19.5 Å². The summed E-state index contributed by atoms with van der Waals surface area (Å²) in [5, 5.41) is 8.11. The molecule has 0 radical (unpaired) electrons. The van der Waals surface area contributed by atoms with Crippen molar-refractivity contribution in [3.8, 4) is 0 Å². The molecule has 98 valence electrons. The maximum atomic E-state index is 11.0. The number of nitrogens with one attached hydrogen (secondary N) is 1. The fourth-order valence-corrected chi connectivity index (χ4v) is 1.68. The minimum absolute atomic E-state index is 0.0753. The molecule has 1 aromatic rings. The number of halogens is 1. The third kappa shape index (κ3) is 4.42. The number of nitrogens with zero attached hydrogens (tertiary/aromatic N) is 2. The van der Waals surface area contributed by atoms with E-state index in [2.05, 4.69) is 15.5 Å². The van der Waals surface area contributed by atoms with Gasteiger partial charge in [-0.05, 0) is 13.8 Å². The standard InChI is InChI=1S/C10H12ClN3O3S/c1-6(2)17-14-7(4-15)8-5-18-10(12-8)13-9(16)3-11/h4-6H,3H2,1-2H3,(H,12,13,16)/b14-7-. The molecule has 0 atom stereocenters. The molecule has 18 heavy (non-hydrogen) atoms. The highest BCUT2D eigenvalue weighted by atomic mass is 35.5. The van der Waals surface area contributed by atoms with Crippen molar-refractivity contribution in [3.63, 3.8) is 0 Å². The highest BCUT2D eigenvalue weighted by Crippen LogP contribution is 2.16. The Kier molecular flexibility index (Phi) is 5.73. The average molecular weight is 290 g/mol. The Hall–Kier alpha value is -1.47. The maximum absolute atomic E-state index is 11.0. The second-order valence-electron chi connectivity index (χ2n) is 3.47. The van der Waals surface area contributed by atoms with E-state index < -0.39 is 0 Å². The van der Waals surface area contributed by atoms with Gasteiger partial charge in [0.15, 0.2) is 17.1 Å². The predicted molar refractivity (Wildman–Crippen MR) is 70.3 cm³/mol. The van der Waals surface area contributed by atoms with Crippen molar-refractivity contribution < 1.29 is 14.4 Å². The molecule has 1 rings (SSSR count). The molecule has 1 amide bonds. The van der Waals surface area contributed by atoms with E-state index >= 15 is 0 Å². The van der Waals surface area contributed by atoms with Gasteiger partial charge in [0.2, 0.25) is 5.91 Å². The number of amides is 1. The third-order valence-corrected chi connectivity index (χ3v) is 2.61. The summed E-state index contributed by atoms with van der Waals surface area (Å²) in [6, 6.07) is 0. The minimum Gasteiger partial charge on any atom is -0.392 e. The van der Waals surface area contributed by atoms with Crippen molar-refractivity contribution >= 4 is 46.0 Å². The van der Waals surface area contributed by atoms with E-state index in [0.717, 1.165) is 0 Å². The Morgan fingerprint density at radius 2 is 2.44 bits per heavy atom. The Bertz CT molecular complexity index is 459. The summed E-state index contributed by atoms with van der Waals surface area (Å²) in [5.74, 6) is -0.513. The quantitative estimate of drug-likeness (QED) is 0.374. The number of carbonyl (C=O) groups excluding carboxylic acids is 2. The Morgan fingerprint density at radius 3 is 3.00 bits per heavy atom. The van der Waals surface area contributed by atoms with Crippen molar-refractivity contribution in [3.05, 3.63) is 11.1 Å². The van der Waals surface area contributed by atoms with Gasteiger partial charge in [-0.25, -0.2) is 4.98 Å². The molecule has 8 heteroatoms. The summed E-state index contributed by atoms with van der Waals surface area (Å²) in [7, 11) is 0. The molecule has 1 aromatic heterocycles. The molecule has 6 nitrogen and oxygen atoms in total. The van der Waals surface area contributed by atoms with Gasteiger partial charge in [-0.3, -0.25) is 9.59 Å². The summed E-state index contributed by atoms with van der Waals surface area (Å²) in [5.41, 5.74) is 0.423. The molecule has 0 unspecified atom stereocenters. The summed E-state index contributed by atoms with van der Waals surface area (Å²) in [4.78, 5) is 30.9. The Morgan fingerprint density at radius 1 is 1.72 bits per heavy atom. The fraction of sp³-hybridized carbons (Fsp3) is 0.400. The largest absolute Gasteiger partial charge is 0.392 e. The third-order valence-electron chi connectivity index (χ3n) is 1.61. The van der Waals surface area contributed by atoms with Crippen molar-refractivity contribution in [2.24, 2.45) is 5.16 Å². The van der Waals surface area contributed by atoms with Crippen LogP contribution in [-0.4, -0.2) is 34.9 Å². The fourth-order valence-electron chi connectivity index (χ4n) is 0.892. The number of aromatic nitrogens is 1. The van der Waals surface area contributed by atoms with Gasteiger partial charge < -0.3 is 10.2 Å². The summed E-state index contributed by atoms with van der Waals surface area (Å²) in [6.45, 7) is 3.58. The summed E-state index contributed by atoms with van der Waals surface area (Å²) < 4.78 is 0. The number of carbonyl (C=O) groups is 2. The number of hydrogen-bond donors (Lipinski definition) is 1. The first-order valence-corrected chi connectivity index (χ1v) is 6.49. The summed E-state index contributed by atoms with van der Waals surface area (Å²) >= 11 is 6.52. The zero-order chi connectivity index (χ0) is 13.5.